The van der Waals surface area contributed by atoms with Crippen LogP contribution in [-0.4, -0.2) is 20.0 Å². The zero-order chi connectivity index (χ0) is 15.6. The van der Waals surface area contributed by atoms with Crippen LogP contribution >= 0.6 is 0 Å². The fraction of sp³-hybridized carbons (Fsp3) is 0.286. The topological polar surface area (TPSA) is 63.1 Å². The normalized spacial score (nSPS) is 11.6. The number of rotatable bonds is 5. The second kappa shape index (κ2) is 5.87. The van der Waals surface area contributed by atoms with E-state index in [1.165, 1.54) is 18.3 Å². The van der Waals surface area contributed by atoms with Gasteiger partial charge < -0.3 is 9.88 Å². The SMILES string of the molecule is CNCc1cc(S(=O)(=O)Nc2cc(C)ccc2F)cn1C. The van der Waals surface area contributed by atoms with Gasteiger partial charge >= 0.3 is 0 Å². The Morgan fingerprint density at radius 3 is 2.67 bits per heavy atom. The summed E-state index contributed by atoms with van der Waals surface area (Å²) in [5.74, 6) is -0.601. The average molecular weight is 311 g/mol. The molecule has 0 unspecified atom stereocenters. The molecule has 0 spiro atoms. The number of nitrogens with zero attached hydrogens (tertiary/aromatic N) is 1. The van der Waals surface area contributed by atoms with Gasteiger partial charge in [-0.05, 0) is 37.7 Å². The van der Waals surface area contributed by atoms with Crippen LogP contribution in [0.2, 0.25) is 0 Å². The minimum Gasteiger partial charge on any atom is -0.352 e. The fourth-order valence-corrected chi connectivity index (χ4v) is 3.15. The van der Waals surface area contributed by atoms with Crippen LogP contribution < -0.4 is 10.0 Å². The van der Waals surface area contributed by atoms with Gasteiger partial charge in [0.25, 0.3) is 10.0 Å². The molecule has 0 amide bonds. The summed E-state index contributed by atoms with van der Waals surface area (Å²) >= 11 is 0. The van der Waals surface area contributed by atoms with E-state index >= 15 is 0 Å². The van der Waals surface area contributed by atoms with Crippen LogP contribution in [0.15, 0.2) is 35.4 Å². The molecule has 1 heterocycles. The summed E-state index contributed by atoms with van der Waals surface area (Å²) in [6, 6.07) is 5.85. The number of benzene rings is 1. The Kier molecular flexibility index (Phi) is 4.34. The summed E-state index contributed by atoms with van der Waals surface area (Å²) < 4.78 is 42.3. The predicted octanol–water partition coefficient (Wildman–Crippen LogP) is 1.99. The molecule has 5 nitrogen and oxygen atoms in total. The number of hydrogen-bond donors (Lipinski definition) is 2. The van der Waals surface area contributed by atoms with Crippen molar-refractivity contribution in [3.05, 3.63) is 47.5 Å². The van der Waals surface area contributed by atoms with Gasteiger partial charge in [-0.2, -0.15) is 0 Å². The summed E-state index contributed by atoms with van der Waals surface area (Å²) in [7, 11) is -0.269. The molecule has 21 heavy (non-hydrogen) atoms. The molecule has 0 aliphatic rings. The third-order valence-corrected chi connectivity index (χ3v) is 4.45. The first-order valence-electron chi connectivity index (χ1n) is 6.42. The lowest BCUT2D eigenvalue weighted by atomic mass is 10.2. The average Bonchev–Trinajstić information content (AvgIpc) is 2.77. The van der Waals surface area contributed by atoms with E-state index in [9.17, 15) is 12.8 Å². The van der Waals surface area contributed by atoms with E-state index in [2.05, 4.69) is 10.0 Å². The number of aryl methyl sites for hydroxylation is 2. The smallest absolute Gasteiger partial charge is 0.263 e. The van der Waals surface area contributed by atoms with Crippen molar-refractivity contribution >= 4 is 15.7 Å². The van der Waals surface area contributed by atoms with E-state index < -0.39 is 15.8 Å². The monoisotopic (exact) mass is 311 g/mol. The highest BCUT2D eigenvalue weighted by Crippen LogP contribution is 2.21. The maximum atomic E-state index is 13.7. The van der Waals surface area contributed by atoms with E-state index in [0.717, 1.165) is 11.3 Å². The van der Waals surface area contributed by atoms with Crippen molar-refractivity contribution in [2.24, 2.45) is 7.05 Å². The fourth-order valence-electron chi connectivity index (χ4n) is 2.00. The molecule has 0 atom stereocenters. The van der Waals surface area contributed by atoms with Crippen molar-refractivity contribution in [2.75, 3.05) is 11.8 Å². The van der Waals surface area contributed by atoms with Crippen molar-refractivity contribution in [2.45, 2.75) is 18.4 Å². The first-order chi connectivity index (χ1) is 9.83. The second-order valence-corrected chi connectivity index (χ2v) is 6.58. The highest BCUT2D eigenvalue weighted by molar-refractivity contribution is 7.92. The quantitative estimate of drug-likeness (QED) is 0.887. The van der Waals surface area contributed by atoms with Crippen LogP contribution in [-0.2, 0) is 23.6 Å². The summed E-state index contributed by atoms with van der Waals surface area (Å²) in [5, 5.41) is 2.96. The van der Waals surface area contributed by atoms with Gasteiger partial charge in [0.1, 0.15) is 10.7 Å². The molecule has 0 radical (unpaired) electrons. The number of sulfonamides is 1. The molecule has 0 fully saturated rings. The lowest BCUT2D eigenvalue weighted by Gasteiger charge is -2.08. The van der Waals surface area contributed by atoms with Crippen molar-refractivity contribution in [1.29, 1.82) is 0 Å². The minimum absolute atomic E-state index is 0.0472. The molecule has 0 aliphatic heterocycles. The van der Waals surface area contributed by atoms with Crippen LogP contribution in [0.1, 0.15) is 11.3 Å². The Bertz CT molecular complexity index is 754. The third kappa shape index (κ3) is 3.43. The summed E-state index contributed by atoms with van der Waals surface area (Å²) in [5.41, 5.74) is 1.55. The number of nitrogens with one attached hydrogen (secondary N) is 2. The van der Waals surface area contributed by atoms with Crippen molar-refractivity contribution in [1.82, 2.24) is 9.88 Å². The van der Waals surface area contributed by atoms with Gasteiger partial charge in [-0.25, -0.2) is 12.8 Å². The van der Waals surface area contributed by atoms with Crippen LogP contribution in [0.4, 0.5) is 10.1 Å². The van der Waals surface area contributed by atoms with Crippen molar-refractivity contribution < 1.29 is 12.8 Å². The number of anilines is 1. The van der Waals surface area contributed by atoms with Gasteiger partial charge in [0.2, 0.25) is 0 Å². The number of halogens is 1. The molecule has 1 aromatic carbocycles. The van der Waals surface area contributed by atoms with Gasteiger partial charge in [-0.15, -0.1) is 0 Å². The van der Waals surface area contributed by atoms with Crippen LogP contribution in [0.3, 0.4) is 0 Å². The molecular weight excluding hydrogens is 293 g/mol. The molecule has 0 bridgehead atoms. The predicted molar refractivity (Wildman–Crippen MR) is 80.1 cm³/mol. The maximum absolute atomic E-state index is 13.7. The van der Waals surface area contributed by atoms with Gasteiger partial charge in [0, 0.05) is 25.5 Å². The Hall–Kier alpha value is -1.86. The molecular formula is C14H18FN3O2S. The van der Waals surface area contributed by atoms with Crippen molar-refractivity contribution in [3.8, 4) is 0 Å². The standard InChI is InChI=1S/C14H18FN3O2S/c1-10-4-5-13(15)14(6-10)17-21(19,20)12-7-11(8-16-2)18(3)9-12/h4-7,9,16-17H,8H2,1-3H3. The molecule has 114 valence electrons. The lowest BCUT2D eigenvalue weighted by molar-refractivity contribution is 0.598. The molecule has 2 N–H and O–H groups in total. The summed E-state index contributed by atoms with van der Waals surface area (Å²) in [4.78, 5) is 0.108. The molecule has 2 rings (SSSR count). The highest BCUT2D eigenvalue weighted by Gasteiger charge is 2.19. The highest BCUT2D eigenvalue weighted by atomic mass is 32.2. The van der Waals surface area contributed by atoms with Gasteiger partial charge in [-0.1, -0.05) is 6.07 Å². The maximum Gasteiger partial charge on any atom is 0.263 e. The molecule has 0 saturated carbocycles. The van der Waals surface area contributed by atoms with Gasteiger partial charge in [0.15, 0.2) is 0 Å². The van der Waals surface area contributed by atoms with E-state index in [4.69, 9.17) is 0 Å². The Balaban J connectivity index is 2.34. The molecule has 7 heteroatoms. The first-order valence-corrected chi connectivity index (χ1v) is 7.90. The van der Waals surface area contributed by atoms with Crippen LogP contribution in [0.5, 0.6) is 0 Å². The molecule has 1 aromatic heterocycles. The molecule has 0 aliphatic carbocycles. The largest absolute Gasteiger partial charge is 0.352 e. The van der Waals surface area contributed by atoms with E-state index in [1.807, 2.05) is 0 Å². The van der Waals surface area contributed by atoms with E-state index in [1.54, 1.807) is 37.7 Å². The summed E-state index contributed by atoms with van der Waals surface area (Å²) in [6.45, 7) is 2.32. The van der Waals surface area contributed by atoms with Crippen LogP contribution in [0.25, 0.3) is 0 Å². The van der Waals surface area contributed by atoms with Gasteiger partial charge in [0.05, 0.1) is 5.69 Å². The van der Waals surface area contributed by atoms with Gasteiger partial charge in [-0.3, -0.25) is 4.72 Å². The lowest BCUT2D eigenvalue weighted by Crippen LogP contribution is -2.13. The zero-order valence-electron chi connectivity index (χ0n) is 12.1. The Morgan fingerprint density at radius 2 is 2.00 bits per heavy atom. The zero-order valence-corrected chi connectivity index (χ0v) is 13.0. The Labute approximate surface area is 123 Å². The third-order valence-electron chi connectivity index (χ3n) is 3.12. The van der Waals surface area contributed by atoms with E-state index in [0.29, 0.717) is 6.54 Å². The van der Waals surface area contributed by atoms with E-state index in [-0.39, 0.29) is 10.6 Å². The Morgan fingerprint density at radius 1 is 1.29 bits per heavy atom. The molecule has 2 aromatic rings. The minimum atomic E-state index is -3.81. The number of hydrogen-bond acceptors (Lipinski definition) is 3. The van der Waals surface area contributed by atoms with Crippen molar-refractivity contribution in [3.63, 3.8) is 0 Å². The second-order valence-electron chi connectivity index (χ2n) is 4.90. The number of aromatic nitrogens is 1. The first kappa shape index (κ1) is 15.5. The van der Waals surface area contributed by atoms with Crippen LogP contribution in [0, 0.1) is 12.7 Å². The summed E-state index contributed by atoms with van der Waals surface area (Å²) in [6.07, 6.45) is 1.50. The molecule has 0 saturated heterocycles.